The Hall–Kier alpha value is -2.75. The van der Waals surface area contributed by atoms with Gasteiger partial charge in [-0.05, 0) is 55.8 Å². The van der Waals surface area contributed by atoms with Crippen LogP contribution in [0.3, 0.4) is 0 Å². The van der Waals surface area contributed by atoms with Gasteiger partial charge < -0.3 is 5.32 Å². The normalized spacial score (nSPS) is 10.9. The van der Waals surface area contributed by atoms with E-state index in [0.717, 1.165) is 34.9 Å². The van der Waals surface area contributed by atoms with E-state index in [-0.39, 0.29) is 11.7 Å². The highest BCUT2D eigenvalue weighted by atomic mass is 19.1. The SMILES string of the molecule is CCCCCCNC(=O)c1cc(-c2ccc(F)cc2)nc2ccc(C)cc12. The largest absolute Gasteiger partial charge is 0.352 e. The van der Waals surface area contributed by atoms with Crippen LogP contribution in [0.2, 0.25) is 0 Å². The zero-order valence-corrected chi connectivity index (χ0v) is 15.9. The molecule has 0 aliphatic rings. The number of carbonyl (C=O) groups is 1. The maximum Gasteiger partial charge on any atom is 0.252 e. The summed E-state index contributed by atoms with van der Waals surface area (Å²) < 4.78 is 13.3. The van der Waals surface area contributed by atoms with Crippen molar-refractivity contribution in [2.24, 2.45) is 0 Å². The summed E-state index contributed by atoms with van der Waals surface area (Å²) in [5, 5.41) is 3.87. The van der Waals surface area contributed by atoms with Gasteiger partial charge in [0.25, 0.3) is 5.91 Å². The van der Waals surface area contributed by atoms with Crippen LogP contribution in [0.1, 0.15) is 48.5 Å². The Morgan fingerprint density at radius 1 is 1.04 bits per heavy atom. The van der Waals surface area contributed by atoms with Crippen molar-refractivity contribution in [2.75, 3.05) is 6.54 Å². The molecule has 1 heterocycles. The molecule has 0 saturated carbocycles. The molecule has 0 aliphatic heterocycles. The van der Waals surface area contributed by atoms with Crippen molar-refractivity contribution in [1.82, 2.24) is 10.3 Å². The van der Waals surface area contributed by atoms with Crippen LogP contribution in [0.15, 0.2) is 48.5 Å². The van der Waals surface area contributed by atoms with Crippen molar-refractivity contribution in [3.05, 3.63) is 65.5 Å². The molecule has 0 fully saturated rings. The maximum atomic E-state index is 13.3. The van der Waals surface area contributed by atoms with Gasteiger partial charge in [0, 0.05) is 17.5 Å². The van der Waals surface area contributed by atoms with Crippen LogP contribution in [-0.4, -0.2) is 17.4 Å². The van der Waals surface area contributed by atoms with Crippen LogP contribution in [0.25, 0.3) is 22.2 Å². The molecule has 0 radical (unpaired) electrons. The summed E-state index contributed by atoms with van der Waals surface area (Å²) in [6, 6.07) is 13.9. The summed E-state index contributed by atoms with van der Waals surface area (Å²) in [7, 11) is 0. The highest BCUT2D eigenvalue weighted by Crippen LogP contribution is 2.26. The number of hydrogen-bond acceptors (Lipinski definition) is 2. The molecule has 0 aliphatic carbocycles. The summed E-state index contributed by atoms with van der Waals surface area (Å²) >= 11 is 0. The minimum absolute atomic E-state index is 0.0899. The quantitative estimate of drug-likeness (QED) is 0.550. The lowest BCUT2D eigenvalue weighted by atomic mass is 10.0. The van der Waals surface area contributed by atoms with Gasteiger partial charge in [-0.2, -0.15) is 0 Å². The molecule has 0 saturated heterocycles. The number of nitrogens with one attached hydrogen (secondary N) is 1. The average molecular weight is 364 g/mol. The van der Waals surface area contributed by atoms with E-state index in [1.165, 1.54) is 25.0 Å². The highest BCUT2D eigenvalue weighted by Gasteiger charge is 2.14. The first-order valence-electron chi connectivity index (χ1n) is 9.54. The number of pyridine rings is 1. The fourth-order valence-corrected chi connectivity index (χ4v) is 3.14. The zero-order chi connectivity index (χ0) is 19.2. The first-order valence-corrected chi connectivity index (χ1v) is 9.54. The van der Waals surface area contributed by atoms with Gasteiger partial charge in [0.1, 0.15) is 5.82 Å². The first kappa shape index (κ1) is 19.0. The predicted octanol–water partition coefficient (Wildman–Crippen LogP) is 5.66. The number of amides is 1. The number of halogens is 1. The van der Waals surface area contributed by atoms with Crippen LogP contribution >= 0.6 is 0 Å². The maximum absolute atomic E-state index is 13.3. The lowest BCUT2D eigenvalue weighted by molar-refractivity contribution is 0.0954. The number of benzene rings is 2. The van der Waals surface area contributed by atoms with Crippen LogP contribution in [0, 0.1) is 12.7 Å². The number of unbranched alkanes of at least 4 members (excludes halogenated alkanes) is 3. The molecule has 1 aromatic heterocycles. The molecular weight excluding hydrogens is 339 g/mol. The fraction of sp³-hybridized carbons (Fsp3) is 0.304. The minimum Gasteiger partial charge on any atom is -0.352 e. The number of carbonyl (C=O) groups excluding carboxylic acids is 1. The Balaban J connectivity index is 1.94. The van der Waals surface area contributed by atoms with E-state index in [0.29, 0.717) is 17.8 Å². The van der Waals surface area contributed by atoms with Gasteiger partial charge in [0.15, 0.2) is 0 Å². The van der Waals surface area contributed by atoms with E-state index in [1.807, 2.05) is 25.1 Å². The van der Waals surface area contributed by atoms with Gasteiger partial charge in [-0.15, -0.1) is 0 Å². The van der Waals surface area contributed by atoms with Crippen molar-refractivity contribution < 1.29 is 9.18 Å². The van der Waals surface area contributed by atoms with Crippen molar-refractivity contribution in [2.45, 2.75) is 39.5 Å². The van der Waals surface area contributed by atoms with Crippen LogP contribution in [0.5, 0.6) is 0 Å². The molecule has 140 valence electrons. The van der Waals surface area contributed by atoms with E-state index in [1.54, 1.807) is 18.2 Å². The molecule has 0 unspecified atom stereocenters. The van der Waals surface area contributed by atoms with E-state index < -0.39 is 0 Å². The van der Waals surface area contributed by atoms with Gasteiger partial charge in [-0.1, -0.05) is 37.8 Å². The number of fused-ring (bicyclic) bond motifs is 1. The van der Waals surface area contributed by atoms with Gasteiger partial charge in [-0.3, -0.25) is 4.79 Å². The predicted molar refractivity (Wildman–Crippen MR) is 108 cm³/mol. The monoisotopic (exact) mass is 364 g/mol. The van der Waals surface area contributed by atoms with Gasteiger partial charge in [-0.25, -0.2) is 9.37 Å². The van der Waals surface area contributed by atoms with Crippen LogP contribution in [-0.2, 0) is 0 Å². The Labute approximate surface area is 159 Å². The fourth-order valence-electron chi connectivity index (χ4n) is 3.14. The lowest BCUT2D eigenvalue weighted by Gasteiger charge is -2.11. The number of rotatable bonds is 7. The topological polar surface area (TPSA) is 42.0 Å². The van der Waals surface area contributed by atoms with Crippen molar-refractivity contribution >= 4 is 16.8 Å². The van der Waals surface area contributed by atoms with E-state index in [4.69, 9.17) is 0 Å². The third-order valence-electron chi connectivity index (χ3n) is 4.66. The second kappa shape index (κ2) is 8.76. The second-order valence-corrected chi connectivity index (χ2v) is 6.90. The van der Waals surface area contributed by atoms with E-state index >= 15 is 0 Å². The Morgan fingerprint density at radius 2 is 1.81 bits per heavy atom. The van der Waals surface area contributed by atoms with Crippen LogP contribution in [0.4, 0.5) is 4.39 Å². The number of aromatic nitrogens is 1. The van der Waals surface area contributed by atoms with Crippen molar-refractivity contribution in [1.29, 1.82) is 0 Å². The lowest BCUT2D eigenvalue weighted by Crippen LogP contribution is -2.24. The summed E-state index contributed by atoms with van der Waals surface area (Å²) in [4.78, 5) is 17.5. The van der Waals surface area contributed by atoms with Gasteiger partial charge in [0.05, 0.1) is 16.8 Å². The molecule has 0 spiro atoms. The molecular formula is C23H25FN2O. The minimum atomic E-state index is -0.291. The number of nitrogens with zero attached hydrogens (tertiary/aromatic N) is 1. The standard InChI is InChI=1S/C23H25FN2O/c1-3-4-5-6-13-25-23(27)20-15-22(17-8-10-18(24)11-9-17)26-21-12-7-16(2)14-19(20)21/h7-12,14-15H,3-6,13H2,1-2H3,(H,25,27). The molecule has 2 aromatic carbocycles. The highest BCUT2D eigenvalue weighted by molar-refractivity contribution is 6.07. The summed E-state index contributed by atoms with van der Waals surface area (Å²) in [6.07, 6.45) is 4.45. The molecule has 3 rings (SSSR count). The van der Waals surface area contributed by atoms with E-state index in [2.05, 4.69) is 17.2 Å². The summed E-state index contributed by atoms with van der Waals surface area (Å²) in [5.74, 6) is -0.381. The Bertz CT molecular complexity index is 935. The first-order chi connectivity index (χ1) is 13.1. The van der Waals surface area contributed by atoms with Crippen LogP contribution < -0.4 is 5.32 Å². The third-order valence-corrected chi connectivity index (χ3v) is 4.66. The third kappa shape index (κ3) is 4.70. The zero-order valence-electron chi connectivity index (χ0n) is 15.9. The Morgan fingerprint density at radius 3 is 2.56 bits per heavy atom. The van der Waals surface area contributed by atoms with Crippen molar-refractivity contribution in [3.8, 4) is 11.3 Å². The Kier molecular flexibility index (Phi) is 6.17. The molecule has 0 atom stereocenters. The molecule has 3 aromatic rings. The summed E-state index contributed by atoms with van der Waals surface area (Å²) in [5.41, 5.74) is 3.91. The molecule has 27 heavy (non-hydrogen) atoms. The molecule has 0 bridgehead atoms. The average Bonchev–Trinajstić information content (AvgIpc) is 2.67. The number of aryl methyl sites for hydroxylation is 1. The van der Waals surface area contributed by atoms with E-state index in [9.17, 15) is 9.18 Å². The number of hydrogen-bond donors (Lipinski definition) is 1. The summed E-state index contributed by atoms with van der Waals surface area (Å²) in [6.45, 7) is 4.83. The molecule has 1 amide bonds. The van der Waals surface area contributed by atoms with Crippen molar-refractivity contribution in [3.63, 3.8) is 0 Å². The van der Waals surface area contributed by atoms with Gasteiger partial charge in [0.2, 0.25) is 0 Å². The molecule has 4 heteroatoms. The van der Waals surface area contributed by atoms with Gasteiger partial charge >= 0.3 is 0 Å². The molecule has 1 N–H and O–H groups in total. The smallest absolute Gasteiger partial charge is 0.252 e. The molecule has 3 nitrogen and oxygen atoms in total. The second-order valence-electron chi connectivity index (χ2n) is 6.90.